The number of benzene rings is 4. The Morgan fingerprint density at radius 1 is 0.528 bits per heavy atom. The summed E-state index contributed by atoms with van der Waals surface area (Å²) in [5, 5.41) is 2.84. The second-order valence-corrected chi connectivity index (χ2v) is 12.5. The lowest BCUT2D eigenvalue weighted by molar-refractivity contribution is 0.865. The highest BCUT2D eigenvalue weighted by molar-refractivity contribution is 7.73. The second kappa shape index (κ2) is 10.1. The van der Waals surface area contributed by atoms with E-state index in [4.69, 9.17) is 0 Å². The van der Waals surface area contributed by atoms with Crippen molar-refractivity contribution in [3.05, 3.63) is 118 Å². The smallest absolute Gasteiger partial charge is 0.130 e. The molecule has 0 aromatic heterocycles. The first kappa shape index (κ1) is 24.6. The van der Waals surface area contributed by atoms with E-state index in [1.54, 1.807) is 0 Å². The molecular formula is C33H37N2P. The molecule has 5 rings (SSSR count). The molecular weight excluding hydrogens is 455 g/mol. The van der Waals surface area contributed by atoms with Crippen LogP contribution in [-0.2, 0) is 0 Å². The van der Waals surface area contributed by atoms with Gasteiger partial charge >= 0.3 is 0 Å². The topological polar surface area (TPSA) is 6.48 Å². The molecule has 4 aromatic carbocycles. The Labute approximate surface area is 218 Å². The van der Waals surface area contributed by atoms with Gasteiger partial charge in [0.05, 0.1) is 0 Å². The van der Waals surface area contributed by atoms with Crippen molar-refractivity contribution in [3.8, 4) is 0 Å². The van der Waals surface area contributed by atoms with Gasteiger partial charge in [-0.3, -0.25) is 0 Å². The summed E-state index contributed by atoms with van der Waals surface area (Å²) in [7, 11) is -0.691. The van der Waals surface area contributed by atoms with E-state index in [1.807, 2.05) is 0 Å². The maximum atomic E-state index is 2.72. The molecule has 0 bridgehead atoms. The van der Waals surface area contributed by atoms with Gasteiger partial charge < -0.3 is 9.80 Å². The summed E-state index contributed by atoms with van der Waals surface area (Å²) in [6.07, 6.45) is 0. The molecule has 184 valence electrons. The Morgan fingerprint density at radius 3 is 1.19 bits per heavy atom. The third-order valence-corrected chi connectivity index (χ3v) is 10.0. The molecule has 0 spiro atoms. The fraction of sp³-hybridized carbons (Fsp3) is 0.273. The summed E-state index contributed by atoms with van der Waals surface area (Å²) in [6.45, 7) is 15.6. The Bertz CT molecular complexity index is 1210. The number of hydrogen-bond acceptors (Lipinski definition) is 2. The molecule has 0 radical (unpaired) electrons. The molecule has 0 aliphatic carbocycles. The fourth-order valence-corrected chi connectivity index (χ4v) is 9.03. The molecule has 0 unspecified atom stereocenters. The maximum absolute atomic E-state index is 2.72. The summed E-state index contributed by atoms with van der Waals surface area (Å²) in [4.78, 5) is 5.43. The van der Waals surface area contributed by atoms with E-state index in [0.29, 0.717) is 0 Å². The van der Waals surface area contributed by atoms with Crippen LogP contribution in [0.1, 0.15) is 33.4 Å². The number of rotatable bonds is 5. The number of hydrogen-bond donors (Lipinski definition) is 0. The van der Waals surface area contributed by atoms with Crippen LogP contribution in [-0.4, -0.2) is 19.0 Å². The van der Waals surface area contributed by atoms with Crippen LogP contribution in [0.3, 0.4) is 0 Å². The van der Waals surface area contributed by atoms with Gasteiger partial charge in [0.15, 0.2) is 0 Å². The van der Waals surface area contributed by atoms with Crippen LogP contribution in [0.4, 0.5) is 11.4 Å². The Kier molecular flexibility index (Phi) is 6.91. The number of aryl methyl sites for hydroxylation is 6. The molecule has 1 saturated heterocycles. The highest BCUT2D eigenvalue weighted by Gasteiger charge is 2.41. The van der Waals surface area contributed by atoms with Gasteiger partial charge in [-0.1, -0.05) is 96.1 Å². The summed E-state index contributed by atoms with van der Waals surface area (Å²) >= 11 is 0. The van der Waals surface area contributed by atoms with E-state index in [-0.39, 0.29) is 5.91 Å². The van der Waals surface area contributed by atoms with Gasteiger partial charge in [-0.2, -0.15) is 0 Å². The van der Waals surface area contributed by atoms with Gasteiger partial charge in [-0.25, -0.2) is 0 Å². The van der Waals surface area contributed by atoms with Crippen LogP contribution in [0, 0.1) is 41.5 Å². The predicted octanol–water partition coefficient (Wildman–Crippen LogP) is 7.28. The van der Waals surface area contributed by atoms with Crippen molar-refractivity contribution >= 4 is 29.9 Å². The van der Waals surface area contributed by atoms with Crippen LogP contribution in [0.25, 0.3) is 0 Å². The minimum atomic E-state index is -0.691. The van der Waals surface area contributed by atoms with Gasteiger partial charge in [0, 0.05) is 32.4 Å². The van der Waals surface area contributed by atoms with E-state index in [1.165, 1.54) is 55.4 Å². The van der Waals surface area contributed by atoms with Crippen molar-refractivity contribution in [2.75, 3.05) is 22.9 Å². The molecule has 1 aliphatic rings. The van der Waals surface area contributed by atoms with Crippen LogP contribution in [0.15, 0.2) is 84.9 Å². The first-order chi connectivity index (χ1) is 17.3. The zero-order chi connectivity index (χ0) is 25.4. The summed E-state index contributed by atoms with van der Waals surface area (Å²) in [6, 6.07) is 31.8. The van der Waals surface area contributed by atoms with Crippen molar-refractivity contribution in [1.29, 1.82) is 0 Å². The normalized spacial score (nSPS) is 14.2. The van der Waals surface area contributed by atoms with Crippen molar-refractivity contribution in [2.45, 2.75) is 47.4 Å². The molecule has 0 amide bonds. The van der Waals surface area contributed by atoms with E-state index >= 15 is 0 Å². The van der Waals surface area contributed by atoms with Gasteiger partial charge in [-0.15, -0.1) is 0 Å². The minimum absolute atomic E-state index is 0.227. The van der Waals surface area contributed by atoms with Gasteiger partial charge in [-0.05, 0) is 74.4 Å². The average Bonchev–Trinajstić information content (AvgIpc) is 3.23. The van der Waals surface area contributed by atoms with Crippen LogP contribution in [0.2, 0.25) is 0 Å². The molecule has 4 aromatic rings. The largest absolute Gasteiger partial charge is 0.345 e. The summed E-state index contributed by atoms with van der Waals surface area (Å²) < 4.78 is 0. The first-order valence-corrected chi connectivity index (χ1v) is 14.3. The molecule has 36 heavy (non-hydrogen) atoms. The SMILES string of the molecule is Cc1cc(C)c(N2CCN(c3c(C)cc(C)cc3C)C2P(c2ccccc2)c2ccccc2)c(C)c1. The Hall–Kier alpha value is -3.09. The molecule has 1 fully saturated rings. The third kappa shape index (κ3) is 4.56. The summed E-state index contributed by atoms with van der Waals surface area (Å²) in [5.41, 5.74) is 10.9. The van der Waals surface area contributed by atoms with E-state index in [2.05, 4.69) is 136 Å². The van der Waals surface area contributed by atoms with Crippen molar-refractivity contribution in [3.63, 3.8) is 0 Å². The molecule has 0 atom stereocenters. The molecule has 0 saturated carbocycles. The Balaban J connectivity index is 1.76. The van der Waals surface area contributed by atoms with E-state index in [9.17, 15) is 0 Å². The van der Waals surface area contributed by atoms with Crippen LogP contribution < -0.4 is 20.4 Å². The molecule has 3 heteroatoms. The Morgan fingerprint density at radius 2 is 0.861 bits per heavy atom. The average molecular weight is 493 g/mol. The molecule has 1 heterocycles. The van der Waals surface area contributed by atoms with Crippen molar-refractivity contribution in [2.24, 2.45) is 0 Å². The van der Waals surface area contributed by atoms with Gasteiger partial charge in [0.25, 0.3) is 0 Å². The monoisotopic (exact) mass is 492 g/mol. The number of nitrogens with zero attached hydrogens (tertiary/aromatic N) is 2. The highest BCUT2D eigenvalue weighted by atomic mass is 31.1. The highest BCUT2D eigenvalue weighted by Crippen LogP contribution is 2.50. The van der Waals surface area contributed by atoms with E-state index in [0.717, 1.165) is 13.1 Å². The zero-order valence-electron chi connectivity index (χ0n) is 22.4. The maximum Gasteiger partial charge on any atom is 0.130 e. The summed E-state index contributed by atoms with van der Waals surface area (Å²) in [5.74, 6) is 0.227. The van der Waals surface area contributed by atoms with Gasteiger partial charge in [0.2, 0.25) is 0 Å². The quantitative estimate of drug-likeness (QED) is 0.270. The fourth-order valence-electron chi connectivity index (χ4n) is 6.19. The minimum Gasteiger partial charge on any atom is -0.345 e. The standard InChI is InChI=1S/C33H37N2P/c1-23-19-25(3)31(26(4)20-23)34-17-18-35(32-27(5)21-24(2)22-28(32)6)33(34)36(29-13-9-7-10-14-29)30-15-11-8-12-16-30/h7-16,19-22,33H,17-18H2,1-6H3. The zero-order valence-corrected chi connectivity index (χ0v) is 23.3. The second-order valence-electron chi connectivity index (χ2n) is 10.3. The lowest BCUT2D eigenvalue weighted by Crippen LogP contribution is -2.43. The number of anilines is 2. The first-order valence-electron chi connectivity index (χ1n) is 12.9. The lowest BCUT2D eigenvalue weighted by Gasteiger charge is -2.41. The molecule has 2 nitrogen and oxygen atoms in total. The predicted molar refractivity (Wildman–Crippen MR) is 159 cm³/mol. The lowest BCUT2D eigenvalue weighted by atomic mass is 10.0. The molecule has 0 N–H and O–H groups in total. The third-order valence-electron chi connectivity index (χ3n) is 7.28. The van der Waals surface area contributed by atoms with E-state index < -0.39 is 7.92 Å². The van der Waals surface area contributed by atoms with Crippen LogP contribution in [0.5, 0.6) is 0 Å². The van der Waals surface area contributed by atoms with Crippen molar-refractivity contribution in [1.82, 2.24) is 0 Å². The van der Waals surface area contributed by atoms with Crippen molar-refractivity contribution < 1.29 is 0 Å². The molecule has 1 aliphatic heterocycles. The van der Waals surface area contributed by atoms with Gasteiger partial charge in [0.1, 0.15) is 5.91 Å². The van der Waals surface area contributed by atoms with Crippen LogP contribution >= 0.6 is 7.92 Å².